The van der Waals surface area contributed by atoms with E-state index in [0.717, 1.165) is 34.4 Å². The van der Waals surface area contributed by atoms with Gasteiger partial charge in [0.2, 0.25) is 59.1 Å². The Balaban J connectivity index is 3.14. The third-order valence-electron chi connectivity index (χ3n) is 18.1. The standard InChI is InChI=1S/C68H122N12O13S/c1-26-29-30-43(14)54(81)53-58(85)72-46(27-2)60(87)80(25)66(94-37-68(31-32-68)69-28-3)65(92)77(22)50(36-67(17,18)93)57(84)73-51(41(10)11)63(90)74(19)47(33-38(4)5)56(83)70-44(15)55(82)71-45(16)59(86)75(20)48(34-39(6)7)61(88)76(21)49(35-40(8)9)62(89)78(23)52(42(12)13)64(91)79(53)24/h26,29,38-54,66,69,81,93H,27-28,30-37H2,1-25H3,(H,70,83)(H,71,82)(H,72,85)(H,73,84)/b29-26+/t43-,44-,45+,46-,47-,48-,49-,50+,51-,52-,53?,54-,66-/m1/s1. The molecule has 2 aliphatic rings. The minimum absolute atomic E-state index is 0.0286. The lowest BCUT2D eigenvalue weighted by atomic mass is 9.91. The zero-order valence-corrected chi connectivity index (χ0v) is 62.4. The van der Waals surface area contributed by atoms with Gasteiger partial charge >= 0.3 is 0 Å². The van der Waals surface area contributed by atoms with Crippen LogP contribution in [0.2, 0.25) is 0 Å². The molecule has 0 aromatic rings. The van der Waals surface area contributed by atoms with Crippen LogP contribution in [0.1, 0.15) is 176 Å². The molecule has 7 N–H and O–H groups in total. The lowest BCUT2D eigenvalue weighted by molar-refractivity contribution is -0.157. The number of allylic oxidation sites excluding steroid dienone is 2. The summed E-state index contributed by atoms with van der Waals surface area (Å²) >= 11 is 1.15. The molecule has 25 nitrogen and oxygen atoms in total. The molecule has 13 atom stereocenters. The second kappa shape index (κ2) is 37.0. The first-order valence-electron chi connectivity index (χ1n) is 33.8. The lowest BCUT2D eigenvalue weighted by Gasteiger charge is -2.41. The molecule has 0 spiro atoms. The summed E-state index contributed by atoms with van der Waals surface area (Å²) in [5.41, 5.74) is -1.95. The average Bonchev–Trinajstić information content (AvgIpc) is 1.40. The van der Waals surface area contributed by atoms with Gasteiger partial charge in [-0.3, -0.25) is 52.7 Å². The number of amides is 11. The van der Waals surface area contributed by atoms with Gasteiger partial charge in [-0.2, -0.15) is 0 Å². The monoisotopic (exact) mass is 1350 g/mol. The maximum atomic E-state index is 15.4. The lowest BCUT2D eigenvalue weighted by Crippen LogP contribution is -2.64. The Kier molecular flexibility index (Phi) is 33.2. The Morgan fingerprint density at radius 2 is 1.00 bits per heavy atom. The molecular weight excluding hydrogens is 1220 g/mol. The fourth-order valence-electron chi connectivity index (χ4n) is 12.0. The van der Waals surface area contributed by atoms with Crippen LogP contribution in [0.4, 0.5) is 0 Å². The number of likely N-dealkylation sites (N-methyl/N-ethyl adjacent to an activating group) is 7. The van der Waals surface area contributed by atoms with Gasteiger partial charge in [0.25, 0.3) is 5.91 Å². The second-order valence-corrected chi connectivity index (χ2v) is 30.2. The molecule has 0 radical (unpaired) electrons. The molecule has 1 aliphatic carbocycles. The maximum absolute atomic E-state index is 15.4. The average molecular weight is 1350 g/mol. The van der Waals surface area contributed by atoms with Crippen LogP contribution in [0.5, 0.6) is 0 Å². The zero-order valence-electron chi connectivity index (χ0n) is 61.5. The van der Waals surface area contributed by atoms with E-state index in [0.29, 0.717) is 12.3 Å². The summed E-state index contributed by atoms with van der Waals surface area (Å²) in [5, 5.41) is 36.9. The van der Waals surface area contributed by atoms with Gasteiger partial charge in [-0.15, -0.1) is 11.8 Å². The minimum Gasteiger partial charge on any atom is -0.390 e. The van der Waals surface area contributed by atoms with Gasteiger partial charge in [-0.05, 0) is 122 Å². The van der Waals surface area contributed by atoms with Crippen LogP contribution in [0.15, 0.2) is 12.2 Å². The summed E-state index contributed by atoms with van der Waals surface area (Å²) in [6.45, 7) is 31.5. The number of hydrogen-bond donors (Lipinski definition) is 7. The van der Waals surface area contributed by atoms with E-state index in [9.17, 15) is 34.2 Å². The molecule has 0 bridgehead atoms. The van der Waals surface area contributed by atoms with Gasteiger partial charge in [0, 0.05) is 67.0 Å². The second-order valence-electron chi connectivity index (χ2n) is 29.2. The Morgan fingerprint density at radius 3 is 1.46 bits per heavy atom. The molecule has 94 heavy (non-hydrogen) atoms. The third kappa shape index (κ3) is 23.2. The summed E-state index contributed by atoms with van der Waals surface area (Å²) in [4.78, 5) is 173. The van der Waals surface area contributed by atoms with Crippen molar-refractivity contribution in [2.75, 3.05) is 61.6 Å². The summed E-state index contributed by atoms with van der Waals surface area (Å²) in [7, 11) is 9.88. The summed E-state index contributed by atoms with van der Waals surface area (Å²) in [5.74, 6) is -9.94. The van der Waals surface area contributed by atoms with Crippen molar-refractivity contribution in [3.8, 4) is 0 Å². The van der Waals surface area contributed by atoms with Crippen LogP contribution in [0.25, 0.3) is 0 Å². The van der Waals surface area contributed by atoms with Crippen LogP contribution in [0, 0.1) is 35.5 Å². The highest BCUT2D eigenvalue weighted by Crippen LogP contribution is 2.40. The maximum Gasteiger partial charge on any atom is 0.256 e. The van der Waals surface area contributed by atoms with Crippen LogP contribution < -0.4 is 26.6 Å². The summed E-state index contributed by atoms with van der Waals surface area (Å²) in [6, 6.07) is -13.1. The third-order valence-corrected chi connectivity index (χ3v) is 19.7. The molecule has 2 fully saturated rings. The van der Waals surface area contributed by atoms with Crippen molar-refractivity contribution in [1.82, 2.24) is 60.9 Å². The smallest absolute Gasteiger partial charge is 0.256 e. The first-order valence-corrected chi connectivity index (χ1v) is 34.9. The molecule has 538 valence electrons. The molecule has 2 rings (SSSR count). The largest absolute Gasteiger partial charge is 0.390 e. The first kappa shape index (κ1) is 84.2. The topological polar surface area (TPSA) is 311 Å². The van der Waals surface area contributed by atoms with Gasteiger partial charge < -0.3 is 71.1 Å². The van der Waals surface area contributed by atoms with Crippen LogP contribution >= 0.6 is 11.8 Å². The van der Waals surface area contributed by atoms with Crippen LogP contribution in [-0.2, 0) is 52.7 Å². The fraction of sp³-hybridized carbons (Fsp3) is 0.809. The first-order chi connectivity index (χ1) is 43.4. The number of nitrogens with zero attached hydrogens (tertiary/aromatic N) is 7. The Morgan fingerprint density at radius 1 is 0.543 bits per heavy atom. The number of rotatable bonds is 20. The Hall–Kier alpha value is -5.86. The molecule has 1 aliphatic heterocycles. The number of aliphatic hydroxyl groups is 2. The van der Waals surface area contributed by atoms with E-state index in [1.165, 1.54) is 102 Å². The van der Waals surface area contributed by atoms with E-state index in [1.807, 2.05) is 54.5 Å². The predicted molar refractivity (Wildman–Crippen MR) is 367 cm³/mol. The zero-order chi connectivity index (χ0) is 72.5. The molecule has 26 heteroatoms. The summed E-state index contributed by atoms with van der Waals surface area (Å²) < 4.78 is 0. The molecule has 11 amide bonds. The van der Waals surface area contributed by atoms with E-state index in [1.54, 1.807) is 54.5 Å². The highest BCUT2D eigenvalue weighted by Gasteiger charge is 2.48. The number of aliphatic hydroxyl groups excluding tert-OH is 1. The van der Waals surface area contributed by atoms with E-state index >= 15 is 28.8 Å². The van der Waals surface area contributed by atoms with E-state index < -0.39 is 160 Å². The molecule has 0 aromatic heterocycles. The number of thioether (sulfide) groups is 1. The highest BCUT2D eigenvalue weighted by atomic mass is 32.2. The van der Waals surface area contributed by atoms with Crippen molar-refractivity contribution in [3.63, 3.8) is 0 Å². The highest BCUT2D eigenvalue weighted by molar-refractivity contribution is 8.00. The van der Waals surface area contributed by atoms with Gasteiger partial charge in [0.1, 0.15) is 60.4 Å². The molecule has 1 saturated carbocycles. The molecular formula is C68H122N12O13S. The molecule has 1 heterocycles. The van der Waals surface area contributed by atoms with Gasteiger partial charge in [-0.25, -0.2) is 0 Å². The van der Waals surface area contributed by atoms with Crippen LogP contribution in [-0.4, -0.2) is 254 Å². The van der Waals surface area contributed by atoms with Gasteiger partial charge in [0.05, 0.1) is 11.7 Å². The molecule has 1 saturated heterocycles. The minimum atomic E-state index is -1.66. The van der Waals surface area contributed by atoms with E-state index in [2.05, 4.69) is 26.6 Å². The number of carbonyl (C=O) groups is 11. The predicted octanol–water partition coefficient (Wildman–Crippen LogP) is 3.59. The van der Waals surface area contributed by atoms with Gasteiger partial charge in [-0.1, -0.05) is 102 Å². The van der Waals surface area contributed by atoms with E-state index in [4.69, 9.17) is 0 Å². The van der Waals surface area contributed by atoms with Crippen molar-refractivity contribution in [3.05, 3.63) is 12.2 Å². The number of nitrogens with one attached hydrogen (secondary N) is 5. The van der Waals surface area contributed by atoms with Crippen molar-refractivity contribution in [2.24, 2.45) is 35.5 Å². The molecule has 0 aromatic carbocycles. The quantitative estimate of drug-likeness (QED) is 0.0857. The number of carbonyl (C=O) groups excluding carboxylic acids is 11. The Bertz CT molecular complexity index is 2630. The SMILES string of the molecule is C/C=C/C[C@@H](C)[C@@H](O)C1C(=O)N[C@H](CC)C(=O)N(C)[C@H](SCC2(NCC)CC2)C(=O)N(C)[C@@H](CC(C)(C)O)C(=O)N[C@H](C(C)C)C(=O)N(C)[C@H](CC(C)C)C(=O)N[C@H](C)C(=O)N[C@@H](C)C(=O)N(C)[C@H](CC(C)C)C(=O)N(C)[C@H](CC(C)C)C(=O)N(C)[C@H](C(C)C)C(=O)N1C. The molecule has 1 unspecified atom stereocenters. The Labute approximate surface area is 566 Å². The normalized spacial score (nSPS) is 27.6. The number of hydrogen-bond acceptors (Lipinski definition) is 15. The summed E-state index contributed by atoms with van der Waals surface area (Å²) in [6.07, 6.45) is 3.92. The fourth-order valence-corrected chi connectivity index (χ4v) is 13.5. The van der Waals surface area contributed by atoms with Crippen molar-refractivity contribution in [1.29, 1.82) is 0 Å². The van der Waals surface area contributed by atoms with E-state index in [-0.39, 0.29) is 61.8 Å². The van der Waals surface area contributed by atoms with Gasteiger partial charge in [0.15, 0.2) is 5.37 Å². The van der Waals surface area contributed by atoms with Crippen molar-refractivity contribution >= 4 is 76.7 Å². The van der Waals surface area contributed by atoms with Crippen LogP contribution in [0.3, 0.4) is 0 Å². The van der Waals surface area contributed by atoms with Crippen molar-refractivity contribution < 1.29 is 63.0 Å². The van der Waals surface area contributed by atoms with Crippen molar-refractivity contribution in [2.45, 2.75) is 259 Å².